The SMILES string of the molecule is CC1CN(C)CCC1NCC(=O)Nc1ccc(Br)cc1. The molecule has 2 atom stereocenters. The maximum absolute atomic E-state index is 11.9. The lowest BCUT2D eigenvalue weighted by molar-refractivity contribution is -0.115. The van der Waals surface area contributed by atoms with Crippen LogP contribution < -0.4 is 10.6 Å². The molecule has 20 heavy (non-hydrogen) atoms. The molecule has 1 amide bonds. The molecule has 0 spiro atoms. The highest BCUT2D eigenvalue weighted by Gasteiger charge is 2.23. The van der Waals surface area contributed by atoms with E-state index < -0.39 is 0 Å². The topological polar surface area (TPSA) is 44.4 Å². The summed E-state index contributed by atoms with van der Waals surface area (Å²) in [6.07, 6.45) is 1.10. The second-order valence-corrected chi connectivity index (χ2v) is 6.49. The number of halogens is 1. The minimum Gasteiger partial charge on any atom is -0.325 e. The molecule has 0 radical (unpaired) electrons. The molecule has 1 saturated heterocycles. The summed E-state index contributed by atoms with van der Waals surface area (Å²) >= 11 is 3.38. The third-order valence-corrected chi connectivity index (χ3v) is 4.29. The predicted molar refractivity (Wildman–Crippen MR) is 85.8 cm³/mol. The molecular weight excluding hydrogens is 318 g/mol. The number of hydrogen-bond acceptors (Lipinski definition) is 3. The van der Waals surface area contributed by atoms with Crippen LogP contribution in [0.5, 0.6) is 0 Å². The van der Waals surface area contributed by atoms with Gasteiger partial charge in [-0.3, -0.25) is 4.79 Å². The summed E-state index contributed by atoms with van der Waals surface area (Å²) in [4.78, 5) is 14.3. The van der Waals surface area contributed by atoms with Crippen molar-refractivity contribution < 1.29 is 4.79 Å². The van der Waals surface area contributed by atoms with Crippen molar-refractivity contribution in [2.75, 3.05) is 32.0 Å². The van der Waals surface area contributed by atoms with Gasteiger partial charge in [0.1, 0.15) is 0 Å². The van der Waals surface area contributed by atoms with E-state index in [1.807, 2.05) is 24.3 Å². The Bertz CT molecular complexity index is 449. The lowest BCUT2D eigenvalue weighted by Gasteiger charge is -2.35. The van der Waals surface area contributed by atoms with E-state index in [0.29, 0.717) is 18.5 Å². The minimum absolute atomic E-state index is 0.0125. The van der Waals surface area contributed by atoms with E-state index in [0.717, 1.165) is 29.7 Å². The van der Waals surface area contributed by atoms with Gasteiger partial charge >= 0.3 is 0 Å². The standard InChI is InChI=1S/C15H22BrN3O/c1-11-10-19(2)8-7-14(11)17-9-15(20)18-13-5-3-12(16)4-6-13/h3-6,11,14,17H,7-10H2,1-2H3,(H,18,20). The number of carbonyl (C=O) groups excluding carboxylic acids is 1. The van der Waals surface area contributed by atoms with Gasteiger partial charge in [-0.1, -0.05) is 22.9 Å². The summed E-state index contributed by atoms with van der Waals surface area (Å²) in [5.74, 6) is 0.590. The number of amides is 1. The first-order chi connectivity index (χ1) is 9.54. The fourth-order valence-corrected chi connectivity index (χ4v) is 2.88. The number of likely N-dealkylation sites (tertiary alicyclic amines) is 1. The van der Waals surface area contributed by atoms with Crippen LogP contribution in [-0.4, -0.2) is 43.5 Å². The van der Waals surface area contributed by atoms with E-state index in [1.165, 1.54) is 0 Å². The second-order valence-electron chi connectivity index (χ2n) is 5.57. The van der Waals surface area contributed by atoms with Crippen molar-refractivity contribution in [3.05, 3.63) is 28.7 Å². The van der Waals surface area contributed by atoms with Crippen LogP contribution in [0, 0.1) is 5.92 Å². The summed E-state index contributed by atoms with van der Waals surface area (Å²) < 4.78 is 1.01. The van der Waals surface area contributed by atoms with Crippen LogP contribution in [0.2, 0.25) is 0 Å². The van der Waals surface area contributed by atoms with Crippen LogP contribution in [0.15, 0.2) is 28.7 Å². The molecule has 0 saturated carbocycles. The largest absolute Gasteiger partial charge is 0.325 e. The zero-order chi connectivity index (χ0) is 14.5. The number of piperidine rings is 1. The highest BCUT2D eigenvalue weighted by molar-refractivity contribution is 9.10. The Kier molecular flexibility index (Phi) is 5.57. The number of nitrogens with zero attached hydrogens (tertiary/aromatic N) is 1. The number of benzene rings is 1. The van der Waals surface area contributed by atoms with E-state index in [-0.39, 0.29) is 5.91 Å². The van der Waals surface area contributed by atoms with Gasteiger partial charge in [0, 0.05) is 22.7 Å². The Morgan fingerprint density at radius 1 is 1.40 bits per heavy atom. The molecule has 2 rings (SSSR count). The van der Waals surface area contributed by atoms with Crippen LogP contribution in [0.4, 0.5) is 5.69 Å². The van der Waals surface area contributed by atoms with Crippen molar-refractivity contribution in [2.45, 2.75) is 19.4 Å². The Morgan fingerprint density at radius 3 is 2.75 bits per heavy atom. The summed E-state index contributed by atoms with van der Waals surface area (Å²) in [7, 11) is 2.15. The van der Waals surface area contributed by atoms with E-state index in [2.05, 4.69) is 45.4 Å². The van der Waals surface area contributed by atoms with E-state index >= 15 is 0 Å². The fourth-order valence-electron chi connectivity index (χ4n) is 2.62. The van der Waals surface area contributed by atoms with Gasteiger partial charge in [-0.15, -0.1) is 0 Å². The third kappa shape index (κ3) is 4.58. The van der Waals surface area contributed by atoms with Crippen LogP contribution in [0.1, 0.15) is 13.3 Å². The maximum Gasteiger partial charge on any atom is 0.238 e. The lowest BCUT2D eigenvalue weighted by Crippen LogP contribution is -2.48. The quantitative estimate of drug-likeness (QED) is 0.884. The fraction of sp³-hybridized carbons (Fsp3) is 0.533. The van der Waals surface area contributed by atoms with Crippen molar-refractivity contribution in [1.29, 1.82) is 0 Å². The molecular formula is C15H22BrN3O. The number of rotatable bonds is 4. The van der Waals surface area contributed by atoms with Gasteiger partial charge in [0.25, 0.3) is 0 Å². The summed E-state index contributed by atoms with van der Waals surface area (Å²) in [6.45, 7) is 4.79. The molecule has 110 valence electrons. The molecule has 5 heteroatoms. The normalized spacial score (nSPS) is 23.6. The zero-order valence-electron chi connectivity index (χ0n) is 12.0. The first-order valence-corrected chi connectivity index (χ1v) is 7.81. The van der Waals surface area contributed by atoms with Gasteiger partial charge in [-0.25, -0.2) is 0 Å². The van der Waals surface area contributed by atoms with Gasteiger partial charge < -0.3 is 15.5 Å². The van der Waals surface area contributed by atoms with Crippen LogP contribution >= 0.6 is 15.9 Å². The Morgan fingerprint density at radius 2 is 2.10 bits per heavy atom. The molecule has 1 aliphatic rings. The van der Waals surface area contributed by atoms with Crippen molar-refractivity contribution in [3.63, 3.8) is 0 Å². The Hall–Kier alpha value is -0.910. The van der Waals surface area contributed by atoms with Crippen molar-refractivity contribution in [2.24, 2.45) is 5.92 Å². The number of carbonyl (C=O) groups is 1. The molecule has 2 N–H and O–H groups in total. The van der Waals surface area contributed by atoms with Crippen LogP contribution in [-0.2, 0) is 4.79 Å². The molecule has 1 heterocycles. The minimum atomic E-state index is 0.0125. The molecule has 1 aromatic carbocycles. The molecule has 1 aliphatic heterocycles. The van der Waals surface area contributed by atoms with Crippen molar-refractivity contribution in [1.82, 2.24) is 10.2 Å². The first kappa shape index (κ1) is 15.5. The van der Waals surface area contributed by atoms with E-state index in [4.69, 9.17) is 0 Å². The Labute approximate surface area is 129 Å². The van der Waals surface area contributed by atoms with Gasteiger partial charge in [0.05, 0.1) is 6.54 Å². The number of nitrogens with one attached hydrogen (secondary N) is 2. The van der Waals surface area contributed by atoms with Crippen molar-refractivity contribution in [3.8, 4) is 0 Å². The maximum atomic E-state index is 11.9. The molecule has 1 aromatic rings. The first-order valence-electron chi connectivity index (χ1n) is 7.02. The van der Waals surface area contributed by atoms with Gasteiger partial charge in [0.2, 0.25) is 5.91 Å². The highest BCUT2D eigenvalue weighted by Crippen LogP contribution is 2.16. The van der Waals surface area contributed by atoms with Gasteiger partial charge in [-0.2, -0.15) is 0 Å². The molecule has 2 unspecified atom stereocenters. The lowest BCUT2D eigenvalue weighted by atomic mass is 9.94. The smallest absolute Gasteiger partial charge is 0.238 e. The van der Waals surface area contributed by atoms with Crippen LogP contribution in [0.25, 0.3) is 0 Å². The van der Waals surface area contributed by atoms with Crippen molar-refractivity contribution >= 4 is 27.5 Å². The van der Waals surface area contributed by atoms with Crippen LogP contribution in [0.3, 0.4) is 0 Å². The average Bonchev–Trinajstić information content (AvgIpc) is 2.40. The Balaban J connectivity index is 1.76. The highest BCUT2D eigenvalue weighted by atomic mass is 79.9. The van der Waals surface area contributed by atoms with Gasteiger partial charge in [-0.05, 0) is 50.2 Å². The average molecular weight is 340 g/mol. The summed E-state index contributed by atoms with van der Waals surface area (Å²) in [5, 5.41) is 6.27. The predicted octanol–water partition coefficient (Wildman–Crippen LogP) is 2.32. The van der Waals surface area contributed by atoms with E-state index in [9.17, 15) is 4.79 Å². The molecule has 0 bridgehead atoms. The van der Waals surface area contributed by atoms with E-state index in [1.54, 1.807) is 0 Å². The summed E-state index contributed by atoms with van der Waals surface area (Å²) in [5.41, 5.74) is 0.830. The third-order valence-electron chi connectivity index (χ3n) is 3.76. The molecule has 1 fully saturated rings. The molecule has 0 aromatic heterocycles. The van der Waals surface area contributed by atoms with Gasteiger partial charge in [0.15, 0.2) is 0 Å². The monoisotopic (exact) mass is 339 g/mol. The zero-order valence-corrected chi connectivity index (χ0v) is 13.6. The number of anilines is 1. The summed E-state index contributed by atoms with van der Waals surface area (Å²) in [6, 6.07) is 8.05. The molecule has 4 nitrogen and oxygen atoms in total. The number of hydrogen-bond donors (Lipinski definition) is 2. The molecule has 0 aliphatic carbocycles. The second kappa shape index (κ2) is 7.20.